The van der Waals surface area contributed by atoms with Crippen molar-refractivity contribution in [3.8, 4) is 56.4 Å². The molecule has 1 spiro atoms. The molecule has 0 unspecified atom stereocenters. The smallest absolute Gasteiger partial charge is 0.161 e. The molecule has 0 atom stereocenters. The first kappa shape index (κ1) is 28.5. The molecule has 9 aromatic rings. The van der Waals surface area contributed by atoms with Gasteiger partial charge in [0.05, 0.1) is 21.3 Å². The van der Waals surface area contributed by atoms with Gasteiger partial charge in [-0.05, 0) is 57.6 Å². The number of benzene rings is 7. The average molecular weight is 669 g/mol. The first-order chi connectivity index (χ1) is 25.3. The standard InChI is InChI=1S/C47H28N2OS/c1-2-14-29(15-3-1)31-16-4-5-18-34(31)46-48-43(45-44(49-46)35-19-7-13-25-42(35)51-45)30-26-27-33-32-17-6-8-20-36(32)47(39(33)28-30)37-21-9-11-23-40(37)50-41-24-12-10-22-38(41)47/h1-28H. The Morgan fingerprint density at radius 2 is 1.06 bits per heavy atom. The summed E-state index contributed by atoms with van der Waals surface area (Å²) in [6, 6.07) is 60.4. The van der Waals surface area contributed by atoms with Crippen LogP contribution in [-0.4, -0.2) is 9.97 Å². The summed E-state index contributed by atoms with van der Waals surface area (Å²) in [5.41, 5.74) is 13.0. The molecule has 2 aromatic heterocycles. The second-order valence-corrected chi connectivity index (χ2v) is 14.3. The van der Waals surface area contributed by atoms with Crippen LogP contribution in [0.15, 0.2) is 170 Å². The zero-order valence-corrected chi connectivity index (χ0v) is 28.2. The van der Waals surface area contributed by atoms with Crippen LogP contribution >= 0.6 is 11.3 Å². The summed E-state index contributed by atoms with van der Waals surface area (Å²) >= 11 is 1.77. The Balaban J connectivity index is 1.22. The van der Waals surface area contributed by atoms with Crippen LogP contribution in [0.5, 0.6) is 11.5 Å². The SMILES string of the molecule is c1ccc(-c2ccccc2-c2nc(-c3ccc4c(c3)C3(c5ccccc5Oc5ccccc53)c3ccccc3-4)c3sc4ccccc4c3n2)cc1. The number of thiophene rings is 1. The topological polar surface area (TPSA) is 35.0 Å². The molecule has 11 rings (SSSR count). The van der Waals surface area contributed by atoms with Crippen molar-refractivity contribution in [2.45, 2.75) is 5.41 Å². The van der Waals surface area contributed by atoms with Gasteiger partial charge in [-0.15, -0.1) is 11.3 Å². The van der Waals surface area contributed by atoms with Gasteiger partial charge in [-0.2, -0.15) is 0 Å². The highest BCUT2D eigenvalue weighted by Gasteiger charge is 2.51. The maximum absolute atomic E-state index is 6.59. The van der Waals surface area contributed by atoms with E-state index in [0.717, 1.165) is 72.0 Å². The monoisotopic (exact) mass is 668 g/mol. The Hall–Kier alpha value is -6.36. The van der Waals surface area contributed by atoms with Gasteiger partial charge < -0.3 is 4.74 Å². The highest BCUT2D eigenvalue weighted by atomic mass is 32.1. The number of fused-ring (bicyclic) bond motifs is 12. The van der Waals surface area contributed by atoms with Gasteiger partial charge in [0.2, 0.25) is 0 Å². The lowest BCUT2D eigenvalue weighted by Crippen LogP contribution is -2.32. The number of aromatic nitrogens is 2. The van der Waals surface area contributed by atoms with Crippen LogP contribution in [0.2, 0.25) is 0 Å². The Morgan fingerprint density at radius 1 is 0.451 bits per heavy atom. The van der Waals surface area contributed by atoms with Crippen molar-refractivity contribution < 1.29 is 4.74 Å². The predicted octanol–water partition coefficient (Wildman–Crippen LogP) is 12.3. The molecule has 0 N–H and O–H groups in total. The van der Waals surface area contributed by atoms with Gasteiger partial charge >= 0.3 is 0 Å². The van der Waals surface area contributed by atoms with E-state index in [4.69, 9.17) is 14.7 Å². The summed E-state index contributed by atoms with van der Waals surface area (Å²) in [4.78, 5) is 10.8. The molecule has 2 aliphatic rings. The van der Waals surface area contributed by atoms with Crippen LogP contribution in [0.25, 0.3) is 65.2 Å². The van der Waals surface area contributed by atoms with Crippen molar-refractivity contribution >= 4 is 31.6 Å². The molecule has 3 heterocycles. The van der Waals surface area contributed by atoms with Crippen molar-refractivity contribution in [1.29, 1.82) is 0 Å². The third kappa shape index (κ3) is 3.99. The molecule has 1 aliphatic carbocycles. The van der Waals surface area contributed by atoms with Gasteiger partial charge in [0.15, 0.2) is 5.82 Å². The maximum Gasteiger partial charge on any atom is 0.161 e. The molecule has 0 saturated carbocycles. The molecule has 1 aliphatic heterocycles. The van der Waals surface area contributed by atoms with Gasteiger partial charge in [-0.3, -0.25) is 0 Å². The number of rotatable bonds is 3. The van der Waals surface area contributed by atoms with Crippen LogP contribution in [0.4, 0.5) is 0 Å². The number of nitrogens with zero attached hydrogens (tertiary/aromatic N) is 2. The van der Waals surface area contributed by atoms with Gasteiger partial charge in [-0.25, -0.2) is 9.97 Å². The van der Waals surface area contributed by atoms with Crippen LogP contribution in [0.1, 0.15) is 22.3 Å². The minimum Gasteiger partial charge on any atom is -0.457 e. The summed E-state index contributed by atoms with van der Waals surface area (Å²) < 4.78 is 8.89. The highest BCUT2D eigenvalue weighted by Crippen LogP contribution is 2.62. The van der Waals surface area contributed by atoms with E-state index in [9.17, 15) is 0 Å². The predicted molar refractivity (Wildman–Crippen MR) is 209 cm³/mol. The highest BCUT2D eigenvalue weighted by molar-refractivity contribution is 7.26. The van der Waals surface area contributed by atoms with E-state index in [1.54, 1.807) is 11.3 Å². The fourth-order valence-electron chi connectivity index (χ4n) is 8.46. The molecule has 0 saturated heterocycles. The van der Waals surface area contributed by atoms with Crippen LogP contribution in [-0.2, 0) is 5.41 Å². The summed E-state index contributed by atoms with van der Waals surface area (Å²) in [5.74, 6) is 2.50. The lowest BCUT2D eigenvalue weighted by atomic mass is 9.66. The van der Waals surface area contributed by atoms with E-state index in [-0.39, 0.29) is 0 Å². The third-order valence-corrected chi connectivity index (χ3v) is 11.8. The minimum absolute atomic E-state index is 0.553. The van der Waals surface area contributed by atoms with Crippen LogP contribution < -0.4 is 4.74 Å². The van der Waals surface area contributed by atoms with Crippen molar-refractivity contribution in [2.75, 3.05) is 0 Å². The lowest BCUT2D eigenvalue weighted by molar-refractivity contribution is 0.436. The second-order valence-electron chi connectivity index (χ2n) is 13.2. The zero-order chi connectivity index (χ0) is 33.5. The van der Waals surface area contributed by atoms with Crippen molar-refractivity contribution in [1.82, 2.24) is 9.97 Å². The molecule has 238 valence electrons. The van der Waals surface area contributed by atoms with Gasteiger partial charge in [0, 0.05) is 32.3 Å². The Labute approximate surface area is 299 Å². The summed E-state index contributed by atoms with van der Waals surface area (Å²) in [6.07, 6.45) is 0. The molecule has 0 fully saturated rings. The molecule has 0 bridgehead atoms. The lowest BCUT2D eigenvalue weighted by Gasteiger charge is -2.39. The van der Waals surface area contributed by atoms with Crippen LogP contribution in [0, 0.1) is 0 Å². The van der Waals surface area contributed by atoms with Gasteiger partial charge in [0.1, 0.15) is 11.5 Å². The van der Waals surface area contributed by atoms with Crippen molar-refractivity contribution in [3.63, 3.8) is 0 Å². The number of hydrogen-bond acceptors (Lipinski definition) is 4. The first-order valence-corrected chi connectivity index (χ1v) is 18.1. The molecule has 4 heteroatoms. The van der Waals surface area contributed by atoms with Crippen LogP contribution in [0.3, 0.4) is 0 Å². The Bertz CT molecular complexity index is 2810. The molecule has 3 nitrogen and oxygen atoms in total. The molecular formula is C47H28N2OS. The summed E-state index contributed by atoms with van der Waals surface area (Å²) in [5, 5.41) is 1.15. The van der Waals surface area contributed by atoms with Crippen molar-refractivity contribution in [2.24, 2.45) is 0 Å². The van der Waals surface area contributed by atoms with E-state index in [1.807, 2.05) is 0 Å². The molecule has 7 aromatic carbocycles. The quantitative estimate of drug-likeness (QED) is 0.188. The van der Waals surface area contributed by atoms with E-state index < -0.39 is 5.41 Å². The van der Waals surface area contributed by atoms with E-state index in [2.05, 4.69) is 170 Å². The molecule has 0 radical (unpaired) electrons. The number of ether oxygens (including phenoxy) is 1. The van der Waals surface area contributed by atoms with E-state index in [0.29, 0.717) is 0 Å². The Kier molecular flexibility index (Phi) is 6.04. The average Bonchev–Trinajstić information content (AvgIpc) is 3.72. The molecule has 0 amide bonds. The largest absolute Gasteiger partial charge is 0.457 e. The number of para-hydroxylation sites is 2. The normalized spacial score (nSPS) is 13.4. The molecule has 51 heavy (non-hydrogen) atoms. The van der Waals surface area contributed by atoms with Crippen molar-refractivity contribution in [3.05, 3.63) is 192 Å². The summed E-state index contributed by atoms with van der Waals surface area (Å²) in [7, 11) is 0. The zero-order valence-electron chi connectivity index (χ0n) is 27.4. The maximum atomic E-state index is 6.59. The van der Waals surface area contributed by atoms with Gasteiger partial charge in [0.25, 0.3) is 0 Å². The second kappa shape index (κ2) is 10.8. The fourth-order valence-corrected chi connectivity index (χ4v) is 9.61. The van der Waals surface area contributed by atoms with E-state index in [1.165, 1.54) is 27.0 Å². The van der Waals surface area contributed by atoms with E-state index >= 15 is 0 Å². The molecular weight excluding hydrogens is 641 g/mol. The third-order valence-electron chi connectivity index (χ3n) is 10.6. The first-order valence-electron chi connectivity index (χ1n) is 17.2. The van der Waals surface area contributed by atoms with Gasteiger partial charge in [-0.1, -0.05) is 146 Å². The minimum atomic E-state index is -0.553. The summed E-state index contributed by atoms with van der Waals surface area (Å²) in [6.45, 7) is 0. The Morgan fingerprint density at radius 3 is 1.84 bits per heavy atom. The fraction of sp³-hybridized carbons (Fsp3) is 0.0213. The number of hydrogen-bond donors (Lipinski definition) is 0.